The van der Waals surface area contributed by atoms with Crippen molar-refractivity contribution in [1.82, 2.24) is 0 Å². The lowest BCUT2D eigenvalue weighted by atomic mass is 10.1. The van der Waals surface area contributed by atoms with Gasteiger partial charge in [0, 0.05) is 19.2 Å². The number of anilines is 2. The maximum absolute atomic E-state index is 11.0. The van der Waals surface area contributed by atoms with E-state index in [4.69, 9.17) is 5.11 Å². The van der Waals surface area contributed by atoms with Gasteiger partial charge in [-0.05, 0) is 25.3 Å². The second-order valence-electron chi connectivity index (χ2n) is 4.73. The molecule has 0 radical (unpaired) electrons. The van der Waals surface area contributed by atoms with Crippen molar-refractivity contribution in [2.45, 2.75) is 19.3 Å². The van der Waals surface area contributed by atoms with Gasteiger partial charge in [-0.1, -0.05) is 0 Å². The lowest BCUT2D eigenvalue weighted by molar-refractivity contribution is -0.383. The van der Waals surface area contributed by atoms with Crippen molar-refractivity contribution in [3.63, 3.8) is 0 Å². The number of nitrogens with one attached hydrogen (secondary N) is 1. The molecule has 1 fully saturated rings. The Morgan fingerprint density at radius 2 is 2.05 bits per heavy atom. The van der Waals surface area contributed by atoms with Crippen LogP contribution in [0.2, 0.25) is 0 Å². The number of hydrogen-bond acceptors (Lipinski definition) is 5. The molecule has 1 heterocycles. The highest BCUT2D eigenvalue weighted by Gasteiger charge is 2.23. The van der Waals surface area contributed by atoms with Gasteiger partial charge in [-0.2, -0.15) is 5.26 Å². The Bertz CT molecular complexity index is 617. The van der Waals surface area contributed by atoms with E-state index < -0.39 is 16.7 Å². The first-order chi connectivity index (χ1) is 10.0. The van der Waals surface area contributed by atoms with Gasteiger partial charge < -0.3 is 10.0 Å². The highest BCUT2D eigenvalue weighted by Crippen LogP contribution is 2.34. The smallest absolute Gasteiger partial charge is 0.409 e. The molecule has 1 aromatic rings. The summed E-state index contributed by atoms with van der Waals surface area (Å²) in [6.07, 6.45) is 1.67. The first-order valence-electron chi connectivity index (χ1n) is 6.50. The number of nitro benzene ring substituents is 1. The molecule has 2 N–H and O–H groups in total. The van der Waals surface area contributed by atoms with Crippen molar-refractivity contribution in [3.8, 4) is 6.07 Å². The average Bonchev–Trinajstić information content (AvgIpc) is 2.47. The highest BCUT2D eigenvalue weighted by atomic mass is 16.6. The second-order valence-corrected chi connectivity index (χ2v) is 4.73. The van der Waals surface area contributed by atoms with Crippen LogP contribution in [0.4, 0.5) is 21.9 Å². The number of carboxylic acid groups (broad SMARTS) is 1. The molecule has 1 aliphatic rings. The van der Waals surface area contributed by atoms with Gasteiger partial charge in [0.05, 0.1) is 16.2 Å². The van der Waals surface area contributed by atoms with Crippen LogP contribution in [-0.2, 0) is 0 Å². The molecule has 8 nitrogen and oxygen atoms in total. The number of hydrogen-bond donors (Lipinski definition) is 2. The van der Waals surface area contributed by atoms with Crippen molar-refractivity contribution in [2.24, 2.45) is 0 Å². The van der Waals surface area contributed by atoms with Gasteiger partial charge in [-0.25, -0.2) is 4.79 Å². The Morgan fingerprint density at radius 3 is 2.57 bits per heavy atom. The third-order valence-electron chi connectivity index (χ3n) is 3.37. The van der Waals surface area contributed by atoms with Crippen LogP contribution in [0.25, 0.3) is 0 Å². The van der Waals surface area contributed by atoms with Crippen LogP contribution in [0, 0.1) is 21.4 Å². The molecular weight excluding hydrogens is 276 g/mol. The molecule has 1 aromatic carbocycles. The van der Waals surface area contributed by atoms with E-state index in [0.717, 1.165) is 38.4 Å². The quantitative estimate of drug-likeness (QED) is 0.652. The van der Waals surface area contributed by atoms with Crippen molar-refractivity contribution < 1.29 is 14.8 Å². The molecule has 0 saturated carbocycles. The standard InChI is InChI=1S/C13H14N4O4/c14-8-9-6-12(17(20)21)10(15-13(18)19)7-11(9)16-4-2-1-3-5-16/h6-7,15H,1-5H2,(H,18,19). The maximum Gasteiger partial charge on any atom is 0.409 e. The van der Waals surface area contributed by atoms with E-state index in [0.29, 0.717) is 5.69 Å². The van der Waals surface area contributed by atoms with Crippen LogP contribution in [0.15, 0.2) is 12.1 Å². The van der Waals surface area contributed by atoms with Crippen molar-refractivity contribution in [1.29, 1.82) is 5.26 Å². The first kappa shape index (κ1) is 14.6. The Hall–Kier alpha value is -2.82. The summed E-state index contributed by atoms with van der Waals surface area (Å²) in [5.74, 6) is 0. The van der Waals surface area contributed by atoms with Crippen molar-refractivity contribution in [3.05, 3.63) is 27.8 Å². The van der Waals surface area contributed by atoms with Gasteiger partial charge in [-0.15, -0.1) is 0 Å². The molecule has 2 rings (SSSR count). The van der Waals surface area contributed by atoms with Crippen LogP contribution in [0.3, 0.4) is 0 Å². The summed E-state index contributed by atoms with van der Waals surface area (Å²) < 4.78 is 0. The molecule has 110 valence electrons. The van der Waals surface area contributed by atoms with Gasteiger partial charge in [0.1, 0.15) is 11.8 Å². The average molecular weight is 290 g/mol. The number of piperidine rings is 1. The van der Waals surface area contributed by atoms with Gasteiger partial charge in [0.25, 0.3) is 5.69 Å². The Morgan fingerprint density at radius 1 is 1.38 bits per heavy atom. The zero-order valence-corrected chi connectivity index (χ0v) is 11.2. The Kier molecular flexibility index (Phi) is 4.23. The van der Waals surface area contributed by atoms with Gasteiger partial charge in [0.15, 0.2) is 0 Å². The summed E-state index contributed by atoms with van der Waals surface area (Å²) in [7, 11) is 0. The van der Waals surface area contributed by atoms with Gasteiger partial charge in [0.2, 0.25) is 0 Å². The summed E-state index contributed by atoms with van der Waals surface area (Å²) in [6, 6.07) is 4.44. The molecule has 21 heavy (non-hydrogen) atoms. The molecule has 1 aliphatic heterocycles. The number of rotatable bonds is 3. The SMILES string of the molecule is N#Cc1cc([N+](=O)[O-])c(NC(=O)O)cc1N1CCCCC1. The van der Waals surface area contributed by atoms with Crippen LogP contribution >= 0.6 is 0 Å². The minimum absolute atomic E-state index is 0.118. The third kappa shape index (κ3) is 3.20. The molecule has 0 bridgehead atoms. The lowest BCUT2D eigenvalue weighted by Gasteiger charge is -2.29. The lowest BCUT2D eigenvalue weighted by Crippen LogP contribution is -2.30. The summed E-state index contributed by atoms with van der Waals surface area (Å²) in [5, 5.41) is 31.0. The molecule has 0 aliphatic carbocycles. The van der Waals surface area contributed by atoms with E-state index in [2.05, 4.69) is 0 Å². The fraction of sp³-hybridized carbons (Fsp3) is 0.385. The zero-order valence-electron chi connectivity index (χ0n) is 11.2. The van der Waals surface area contributed by atoms with Crippen LogP contribution in [-0.4, -0.2) is 29.2 Å². The van der Waals surface area contributed by atoms with E-state index >= 15 is 0 Å². The van der Waals surface area contributed by atoms with E-state index in [9.17, 15) is 20.2 Å². The first-order valence-corrected chi connectivity index (χ1v) is 6.50. The summed E-state index contributed by atoms with van der Waals surface area (Å²) >= 11 is 0. The fourth-order valence-electron chi connectivity index (χ4n) is 2.43. The molecule has 8 heteroatoms. The molecule has 0 aromatic heterocycles. The van der Waals surface area contributed by atoms with Gasteiger partial charge in [-0.3, -0.25) is 15.4 Å². The molecule has 0 atom stereocenters. The fourth-order valence-corrected chi connectivity index (χ4v) is 2.43. The van der Waals surface area contributed by atoms with Crippen LogP contribution in [0.5, 0.6) is 0 Å². The number of nitro groups is 1. The second kappa shape index (κ2) is 6.09. The molecule has 0 spiro atoms. The normalized spacial score (nSPS) is 14.3. The predicted molar refractivity (Wildman–Crippen MR) is 75.5 cm³/mol. The van der Waals surface area contributed by atoms with E-state index in [-0.39, 0.29) is 11.3 Å². The number of carbonyl (C=O) groups is 1. The van der Waals surface area contributed by atoms with Gasteiger partial charge >= 0.3 is 6.09 Å². The Balaban J connectivity index is 2.50. The largest absolute Gasteiger partial charge is 0.465 e. The number of nitrogens with zero attached hydrogens (tertiary/aromatic N) is 3. The topological polar surface area (TPSA) is 120 Å². The third-order valence-corrected chi connectivity index (χ3v) is 3.37. The summed E-state index contributed by atoms with van der Waals surface area (Å²) in [4.78, 5) is 23.0. The minimum atomic E-state index is -1.38. The van der Waals surface area contributed by atoms with Crippen LogP contribution in [0.1, 0.15) is 24.8 Å². The van der Waals surface area contributed by atoms with E-state index in [1.54, 1.807) is 0 Å². The van der Waals surface area contributed by atoms with Crippen LogP contribution < -0.4 is 10.2 Å². The predicted octanol–water partition coefficient (Wildman–Crippen LogP) is 2.55. The highest BCUT2D eigenvalue weighted by molar-refractivity contribution is 5.89. The number of amides is 1. The summed E-state index contributed by atoms with van der Waals surface area (Å²) in [5.41, 5.74) is 0.174. The van der Waals surface area contributed by atoms with Crippen molar-refractivity contribution in [2.75, 3.05) is 23.3 Å². The molecule has 1 saturated heterocycles. The Labute approximate surface area is 120 Å². The molecular formula is C13H14N4O4. The monoisotopic (exact) mass is 290 g/mol. The van der Waals surface area contributed by atoms with E-state index in [1.807, 2.05) is 16.3 Å². The summed E-state index contributed by atoms with van der Waals surface area (Å²) in [6.45, 7) is 1.50. The minimum Gasteiger partial charge on any atom is -0.465 e. The van der Waals surface area contributed by atoms with Crippen molar-refractivity contribution >= 4 is 23.2 Å². The number of benzene rings is 1. The molecule has 1 amide bonds. The zero-order chi connectivity index (χ0) is 15.4. The number of nitriles is 1. The van der Waals surface area contributed by atoms with E-state index in [1.165, 1.54) is 6.07 Å². The molecule has 0 unspecified atom stereocenters. The maximum atomic E-state index is 11.0.